The lowest BCUT2D eigenvalue weighted by molar-refractivity contribution is -0.125. The van der Waals surface area contributed by atoms with E-state index in [1.54, 1.807) is 29.4 Å². The summed E-state index contributed by atoms with van der Waals surface area (Å²) in [6.07, 6.45) is -4.53. The number of para-hydroxylation sites is 1. The summed E-state index contributed by atoms with van der Waals surface area (Å²) in [7, 11) is 3.16. The van der Waals surface area contributed by atoms with Crippen molar-refractivity contribution >= 4 is 11.9 Å². The van der Waals surface area contributed by atoms with Crippen LogP contribution in [-0.2, 0) is 11.3 Å². The van der Waals surface area contributed by atoms with Crippen LogP contribution < -0.4 is 15.4 Å². The zero-order valence-electron chi connectivity index (χ0n) is 12.7. The number of methoxy groups -OCH3 is 1. The Morgan fingerprint density at radius 3 is 2.52 bits per heavy atom. The van der Waals surface area contributed by atoms with Crippen LogP contribution in [0.15, 0.2) is 24.3 Å². The molecule has 0 saturated carbocycles. The van der Waals surface area contributed by atoms with Crippen molar-refractivity contribution in [1.82, 2.24) is 15.5 Å². The van der Waals surface area contributed by atoms with Gasteiger partial charge in [0.05, 0.1) is 13.7 Å². The number of carbonyl (C=O) groups is 2. The number of carbonyl (C=O) groups excluding carboxylic acids is 2. The number of benzene rings is 1. The van der Waals surface area contributed by atoms with E-state index in [0.29, 0.717) is 12.3 Å². The van der Waals surface area contributed by atoms with Crippen molar-refractivity contribution in [3.63, 3.8) is 0 Å². The minimum atomic E-state index is -4.53. The molecule has 2 N–H and O–H groups in total. The van der Waals surface area contributed by atoms with Gasteiger partial charge in [0, 0.05) is 12.1 Å². The summed E-state index contributed by atoms with van der Waals surface area (Å²) in [4.78, 5) is 24.4. The average Bonchev–Trinajstić information content (AvgIpc) is 2.44. The molecule has 9 heteroatoms. The highest BCUT2D eigenvalue weighted by Gasteiger charge is 2.28. The summed E-state index contributed by atoms with van der Waals surface area (Å²) in [5, 5.41) is 3.40. The second-order valence-electron chi connectivity index (χ2n) is 4.83. The molecule has 0 saturated heterocycles. The standard InChI is InChI=1S/C14H18F3N3O3/c1-20(7-10-5-3-4-6-11(10)23-2)8-12(21)19-13(22)18-9-14(15,16)17/h3-6H,7-9H2,1-2H3,(H2,18,19,21,22). The number of imide groups is 1. The van der Waals surface area contributed by atoms with Crippen LogP contribution in [0.3, 0.4) is 0 Å². The first kappa shape index (κ1) is 18.8. The molecule has 1 aromatic carbocycles. The highest BCUT2D eigenvalue weighted by atomic mass is 19.4. The van der Waals surface area contributed by atoms with Crippen molar-refractivity contribution in [2.75, 3.05) is 27.2 Å². The van der Waals surface area contributed by atoms with Crippen molar-refractivity contribution in [3.8, 4) is 5.75 Å². The smallest absolute Gasteiger partial charge is 0.405 e. The highest BCUT2D eigenvalue weighted by molar-refractivity contribution is 5.95. The average molecular weight is 333 g/mol. The Morgan fingerprint density at radius 1 is 1.26 bits per heavy atom. The van der Waals surface area contributed by atoms with Gasteiger partial charge in [0.25, 0.3) is 0 Å². The molecule has 0 spiro atoms. The Balaban J connectivity index is 2.43. The van der Waals surface area contributed by atoms with Crippen LogP contribution in [0, 0.1) is 0 Å². The van der Waals surface area contributed by atoms with Crippen molar-refractivity contribution in [1.29, 1.82) is 0 Å². The van der Waals surface area contributed by atoms with Crippen LogP contribution in [0.2, 0.25) is 0 Å². The lowest BCUT2D eigenvalue weighted by atomic mass is 10.2. The van der Waals surface area contributed by atoms with Gasteiger partial charge in [-0.15, -0.1) is 0 Å². The zero-order chi connectivity index (χ0) is 17.5. The third kappa shape index (κ3) is 7.50. The normalized spacial score (nSPS) is 11.2. The van der Waals surface area contributed by atoms with E-state index in [-0.39, 0.29) is 6.54 Å². The number of nitrogens with zero attached hydrogens (tertiary/aromatic N) is 1. The fourth-order valence-electron chi connectivity index (χ4n) is 1.82. The molecule has 0 aliphatic carbocycles. The van der Waals surface area contributed by atoms with Gasteiger partial charge in [0.2, 0.25) is 5.91 Å². The third-order valence-corrected chi connectivity index (χ3v) is 2.75. The topological polar surface area (TPSA) is 70.7 Å². The van der Waals surface area contributed by atoms with Gasteiger partial charge in [0.1, 0.15) is 12.3 Å². The van der Waals surface area contributed by atoms with E-state index < -0.39 is 24.7 Å². The minimum absolute atomic E-state index is 0.155. The van der Waals surface area contributed by atoms with Gasteiger partial charge in [0.15, 0.2) is 0 Å². The molecule has 0 aromatic heterocycles. The van der Waals surface area contributed by atoms with Crippen molar-refractivity contribution < 1.29 is 27.5 Å². The van der Waals surface area contributed by atoms with Gasteiger partial charge >= 0.3 is 12.2 Å². The summed E-state index contributed by atoms with van der Waals surface area (Å²) >= 11 is 0. The predicted octanol–water partition coefficient (Wildman–Crippen LogP) is 1.52. The maximum absolute atomic E-state index is 11.9. The second kappa shape index (κ2) is 8.37. The molecular weight excluding hydrogens is 315 g/mol. The first-order valence-corrected chi connectivity index (χ1v) is 6.66. The van der Waals surface area contributed by atoms with Crippen LogP contribution in [0.5, 0.6) is 5.75 Å². The summed E-state index contributed by atoms with van der Waals surface area (Å²) in [6, 6.07) is 6.03. The molecule has 6 nitrogen and oxygen atoms in total. The molecule has 1 rings (SSSR count). The summed E-state index contributed by atoms with van der Waals surface area (Å²) in [6.45, 7) is -1.28. The second-order valence-corrected chi connectivity index (χ2v) is 4.83. The zero-order valence-corrected chi connectivity index (χ0v) is 12.7. The largest absolute Gasteiger partial charge is 0.496 e. The Kier molecular flexibility index (Phi) is 6.83. The van der Waals surface area contributed by atoms with Gasteiger partial charge in [-0.05, 0) is 13.1 Å². The Morgan fingerprint density at radius 2 is 1.91 bits per heavy atom. The molecule has 0 aliphatic rings. The molecule has 0 atom stereocenters. The molecule has 23 heavy (non-hydrogen) atoms. The SMILES string of the molecule is COc1ccccc1CN(C)CC(=O)NC(=O)NCC(F)(F)F. The molecule has 0 heterocycles. The lowest BCUT2D eigenvalue weighted by Gasteiger charge is -2.18. The van der Waals surface area contributed by atoms with Crippen LogP contribution in [0.25, 0.3) is 0 Å². The van der Waals surface area contributed by atoms with Crippen LogP contribution in [-0.4, -0.2) is 50.3 Å². The maximum atomic E-state index is 11.9. The quantitative estimate of drug-likeness (QED) is 0.828. The van der Waals surface area contributed by atoms with Gasteiger partial charge < -0.3 is 10.1 Å². The number of nitrogens with one attached hydrogen (secondary N) is 2. The molecule has 0 unspecified atom stereocenters. The van der Waals surface area contributed by atoms with Crippen molar-refractivity contribution in [3.05, 3.63) is 29.8 Å². The first-order chi connectivity index (χ1) is 10.7. The molecule has 0 fully saturated rings. The van der Waals surface area contributed by atoms with E-state index in [4.69, 9.17) is 4.74 Å². The van der Waals surface area contributed by atoms with E-state index in [0.717, 1.165) is 5.56 Å². The van der Waals surface area contributed by atoms with Crippen LogP contribution in [0.4, 0.5) is 18.0 Å². The summed E-state index contributed by atoms with van der Waals surface area (Å²) < 4.78 is 41.0. The number of hydrogen-bond acceptors (Lipinski definition) is 4. The van der Waals surface area contributed by atoms with E-state index in [1.807, 2.05) is 17.4 Å². The molecule has 3 amide bonds. The fourth-order valence-corrected chi connectivity index (χ4v) is 1.82. The number of amides is 3. The van der Waals surface area contributed by atoms with Crippen LogP contribution >= 0.6 is 0 Å². The lowest BCUT2D eigenvalue weighted by Crippen LogP contribution is -2.46. The first-order valence-electron chi connectivity index (χ1n) is 6.66. The number of ether oxygens (including phenoxy) is 1. The number of halogens is 3. The van der Waals surface area contributed by atoms with Gasteiger partial charge in [-0.25, -0.2) is 4.79 Å². The third-order valence-electron chi connectivity index (χ3n) is 2.75. The molecule has 0 radical (unpaired) electrons. The van der Waals surface area contributed by atoms with Crippen molar-refractivity contribution in [2.45, 2.75) is 12.7 Å². The number of rotatable bonds is 6. The van der Waals surface area contributed by atoms with Gasteiger partial charge in [-0.1, -0.05) is 18.2 Å². The molecule has 128 valence electrons. The van der Waals surface area contributed by atoms with Crippen LogP contribution in [0.1, 0.15) is 5.56 Å². The maximum Gasteiger partial charge on any atom is 0.405 e. The van der Waals surface area contributed by atoms with E-state index >= 15 is 0 Å². The molecule has 0 bridgehead atoms. The highest BCUT2D eigenvalue weighted by Crippen LogP contribution is 2.18. The fraction of sp³-hybridized carbons (Fsp3) is 0.429. The Labute approximate surface area is 131 Å². The number of hydrogen-bond donors (Lipinski definition) is 2. The number of likely N-dealkylation sites (N-methyl/N-ethyl adjacent to an activating group) is 1. The number of urea groups is 1. The minimum Gasteiger partial charge on any atom is -0.496 e. The molecular formula is C14H18F3N3O3. The summed E-state index contributed by atoms with van der Waals surface area (Å²) in [5.41, 5.74) is 0.840. The van der Waals surface area contributed by atoms with E-state index in [9.17, 15) is 22.8 Å². The van der Waals surface area contributed by atoms with E-state index in [1.165, 1.54) is 7.11 Å². The predicted molar refractivity (Wildman–Crippen MR) is 76.9 cm³/mol. The van der Waals surface area contributed by atoms with E-state index in [2.05, 4.69) is 0 Å². The van der Waals surface area contributed by atoms with Gasteiger partial charge in [-0.2, -0.15) is 13.2 Å². The Bertz CT molecular complexity index is 550. The van der Waals surface area contributed by atoms with Crippen molar-refractivity contribution in [2.24, 2.45) is 0 Å². The van der Waals surface area contributed by atoms with Gasteiger partial charge in [-0.3, -0.25) is 15.0 Å². The Hall–Kier alpha value is -2.29. The molecule has 0 aliphatic heterocycles. The number of alkyl halides is 3. The monoisotopic (exact) mass is 333 g/mol. The molecule has 1 aromatic rings. The summed E-state index contributed by atoms with van der Waals surface area (Å²) in [5.74, 6) is -0.0512.